The summed E-state index contributed by atoms with van der Waals surface area (Å²) in [6.45, 7) is 3.22. The Bertz CT molecular complexity index is 836. The number of para-hydroxylation sites is 1. The molecule has 2 aromatic carbocycles. The summed E-state index contributed by atoms with van der Waals surface area (Å²) in [5.41, 5.74) is 0.910. The van der Waals surface area contributed by atoms with Gasteiger partial charge < -0.3 is 15.0 Å². The minimum absolute atomic E-state index is 0.243. The minimum atomic E-state index is -0.346. The van der Waals surface area contributed by atoms with Gasteiger partial charge in [-0.05, 0) is 64.3 Å². The summed E-state index contributed by atoms with van der Waals surface area (Å²) in [6, 6.07) is 11.6. The van der Waals surface area contributed by atoms with E-state index in [0.29, 0.717) is 28.5 Å². The quantitative estimate of drug-likeness (QED) is 0.649. The maximum Gasteiger partial charge on any atom is 0.255 e. The van der Waals surface area contributed by atoms with Gasteiger partial charge in [-0.3, -0.25) is 9.69 Å². The molecule has 7 heteroatoms. The first-order valence-corrected chi connectivity index (χ1v) is 10.7. The maximum absolute atomic E-state index is 14.6. The minimum Gasteiger partial charge on any atom is -0.491 e. The number of carbonyl (C=O) groups excluding carboxylic acids is 1. The van der Waals surface area contributed by atoms with Crippen LogP contribution in [-0.2, 0) is 0 Å². The monoisotopic (exact) mass is 433 g/mol. The molecule has 1 amide bonds. The number of amides is 1. The van der Waals surface area contributed by atoms with Gasteiger partial charge in [0.15, 0.2) is 0 Å². The molecule has 5 nitrogen and oxygen atoms in total. The van der Waals surface area contributed by atoms with Crippen LogP contribution >= 0.6 is 11.6 Å². The molecule has 0 spiro atoms. The highest BCUT2D eigenvalue weighted by Crippen LogP contribution is 2.32. The Balaban J connectivity index is 1.74. The average molecular weight is 434 g/mol. The van der Waals surface area contributed by atoms with Gasteiger partial charge in [0.2, 0.25) is 0 Å². The molecule has 0 radical (unpaired) electrons. The van der Waals surface area contributed by atoms with E-state index < -0.39 is 0 Å². The Morgan fingerprint density at radius 2 is 1.93 bits per heavy atom. The predicted octanol–water partition coefficient (Wildman–Crippen LogP) is 3.99. The van der Waals surface area contributed by atoms with Gasteiger partial charge in [0.25, 0.3) is 5.91 Å². The molecule has 1 fully saturated rings. The number of likely N-dealkylation sites (tertiary alicyclic amines) is 1. The normalized spacial score (nSPS) is 15.4. The summed E-state index contributed by atoms with van der Waals surface area (Å²) in [6.07, 6.45) is 2.11. The van der Waals surface area contributed by atoms with Gasteiger partial charge >= 0.3 is 0 Å². The number of carbonyl (C=O) groups is 1. The zero-order chi connectivity index (χ0) is 21.5. The first-order chi connectivity index (χ1) is 14.5. The van der Waals surface area contributed by atoms with Gasteiger partial charge in [-0.25, -0.2) is 4.39 Å². The molecule has 1 atom stereocenters. The van der Waals surface area contributed by atoms with Crippen molar-refractivity contribution in [2.45, 2.75) is 18.9 Å². The van der Waals surface area contributed by atoms with Crippen LogP contribution in [0, 0.1) is 5.82 Å². The molecule has 1 unspecified atom stereocenters. The van der Waals surface area contributed by atoms with Gasteiger partial charge in [-0.15, -0.1) is 0 Å². The molecular weight excluding hydrogens is 405 g/mol. The van der Waals surface area contributed by atoms with Crippen molar-refractivity contribution in [3.63, 3.8) is 0 Å². The largest absolute Gasteiger partial charge is 0.491 e. The third-order valence-corrected chi connectivity index (χ3v) is 5.63. The highest BCUT2D eigenvalue weighted by molar-refractivity contribution is 6.31. The molecule has 0 aromatic heterocycles. The SMILES string of the molecule is CN(C)CCOc1ccccc1C(=O)NCC(c1c(F)cccc1Cl)N1CCCC1. The first-order valence-electron chi connectivity index (χ1n) is 10.3. The summed E-state index contributed by atoms with van der Waals surface area (Å²) in [4.78, 5) is 17.1. The van der Waals surface area contributed by atoms with Crippen LogP contribution in [-0.4, -0.2) is 62.6 Å². The topological polar surface area (TPSA) is 44.8 Å². The highest BCUT2D eigenvalue weighted by atomic mass is 35.5. The average Bonchev–Trinajstić information content (AvgIpc) is 3.24. The van der Waals surface area contributed by atoms with Crippen LogP contribution in [0.25, 0.3) is 0 Å². The first kappa shape index (κ1) is 22.5. The van der Waals surface area contributed by atoms with Crippen LogP contribution < -0.4 is 10.1 Å². The Hall–Kier alpha value is -2.15. The molecule has 1 heterocycles. The summed E-state index contributed by atoms with van der Waals surface area (Å²) < 4.78 is 20.4. The highest BCUT2D eigenvalue weighted by Gasteiger charge is 2.28. The van der Waals surface area contributed by atoms with Crippen molar-refractivity contribution in [3.05, 3.63) is 64.4 Å². The van der Waals surface area contributed by atoms with Gasteiger partial charge in [-0.2, -0.15) is 0 Å². The Labute approximate surface area is 182 Å². The van der Waals surface area contributed by atoms with E-state index in [0.717, 1.165) is 32.5 Å². The third kappa shape index (κ3) is 5.72. The van der Waals surface area contributed by atoms with Crippen LogP contribution in [0.15, 0.2) is 42.5 Å². The summed E-state index contributed by atoms with van der Waals surface area (Å²) in [5, 5.41) is 3.36. The number of rotatable bonds is 9. The summed E-state index contributed by atoms with van der Waals surface area (Å²) in [5.74, 6) is -0.0494. The van der Waals surface area contributed by atoms with E-state index in [4.69, 9.17) is 16.3 Å². The molecule has 0 aliphatic carbocycles. The molecule has 0 saturated carbocycles. The fourth-order valence-corrected chi connectivity index (χ4v) is 3.99. The molecule has 1 aliphatic heterocycles. The van der Waals surface area contributed by atoms with Gasteiger partial charge in [0.05, 0.1) is 11.6 Å². The molecule has 1 N–H and O–H groups in total. The lowest BCUT2D eigenvalue weighted by Crippen LogP contribution is -2.37. The van der Waals surface area contributed by atoms with Crippen LogP contribution in [0.3, 0.4) is 0 Å². The Morgan fingerprint density at radius 3 is 2.63 bits per heavy atom. The number of ether oxygens (including phenoxy) is 1. The van der Waals surface area contributed by atoms with E-state index in [2.05, 4.69) is 10.2 Å². The molecule has 1 aliphatic rings. The predicted molar refractivity (Wildman–Crippen MR) is 118 cm³/mol. The lowest BCUT2D eigenvalue weighted by Gasteiger charge is -2.29. The molecular formula is C23H29ClFN3O2. The number of nitrogens with zero attached hydrogens (tertiary/aromatic N) is 2. The molecule has 162 valence electrons. The number of hydrogen-bond donors (Lipinski definition) is 1. The zero-order valence-corrected chi connectivity index (χ0v) is 18.3. The Morgan fingerprint density at radius 1 is 1.20 bits per heavy atom. The molecule has 2 aromatic rings. The lowest BCUT2D eigenvalue weighted by molar-refractivity contribution is 0.0932. The number of halogens is 2. The van der Waals surface area contributed by atoms with Gasteiger partial charge in [0.1, 0.15) is 18.2 Å². The molecule has 30 heavy (non-hydrogen) atoms. The smallest absolute Gasteiger partial charge is 0.255 e. The van der Waals surface area contributed by atoms with Crippen molar-refractivity contribution < 1.29 is 13.9 Å². The number of likely N-dealkylation sites (N-methyl/N-ethyl adjacent to an activating group) is 1. The third-order valence-electron chi connectivity index (χ3n) is 5.30. The van der Waals surface area contributed by atoms with Crippen LogP contribution in [0.2, 0.25) is 5.02 Å². The van der Waals surface area contributed by atoms with Crippen molar-refractivity contribution in [3.8, 4) is 5.75 Å². The fourth-order valence-electron chi connectivity index (χ4n) is 3.70. The lowest BCUT2D eigenvalue weighted by atomic mass is 10.0. The van der Waals surface area contributed by atoms with E-state index in [1.807, 2.05) is 25.1 Å². The summed E-state index contributed by atoms with van der Waals surface area (Å²) >= 11 is 6.34. The van der Waals surface area contributed by atoms with Crippen LogP contribution in [0.1, 0.15) is 34.8 Å². The summed E-state index contributed by atoms with van der Waals surface area (Å²) in [7, 11) is 3.93. The van der Waals surface area contributed by atoms with Crippen molar-refractivity contribution in [2.24, 2.45) is 0 Å². The second-order valence-corrected chi connectivity index (χ2v) is 8.16. The fraction of sp³-hybridized carbons (Fsp3) is 0.435. The number of benzene rings is 2. The maximum atomic E-state index is 14.6. The van der Waals surface area contributed by atoms with Crippen molar-refractivity contribution in [2.75, 3.05) is 46.9 Å². The van der Waals surface area contributed by atoms with Crippen LogP contribution in [0.4, 0.5) is 4.39 Å². The molecule has 3 rings (SSSR count). The second-order valence-electron chi connectivity index (χ2n) is 7.75. The van der Waals surface area contributed by atoms with Crippen molar-refractivity contribution >= 4 is 17.5 Å². The van der Waals surface area contributed by atoms with E-state index in [1.165, 1.54) is 6.07 Å². The number of nitrogens with one attached hydrogen (secondary N) is 1. The second kappa shape index (κ2) is 10.8. The van der Waals surface area contributed by atoms with Gasteiger partial charge in [-0.1, -0.05) is 29.8 Å². The van der Waals surface area contributed by atoms with E-state index in [9.17, 15) is 9.18 Å². The van der Waals surface area contributed by atoms with Crippen molar-refractivity contribution in [1.29, 1.82) is 0 Å². The Kier molecular flexibility index (Phi) is 8.08. The molecule has 1 saturated heterocycles. The van der Waals surface area contributed by atoms with Gasteiger partial charge in [0, 0.05) is 23.7 Å². The zero-order valence-electron chi connectivity index (χ0n) is 17.5. The van der Waals surface area contributed by atoms with Crippen molar-refractivity contribution in [1.82, 2.24) is 15.1 Å². The van der Waals surface area contributed by atoms with E-state index in [1.54, 1.807) is 30.3 Å². The standard InChI is InChI=1S/C23H29ClFN3O2/c1-27(2)14-15-30-21-11-4-3-8-17(21)23(29)26-16-20(28-12-5-6-13-28)22-18(24)9-7-10-19(22)25/h3-4,7-11,20H,5-6,12-16H2,1-2H3,(H,26,29). The number of hydrogen-bond acceptors (Lipinski definition) is 4. The van der Waals surface area contributed by atoms with E-state index in [-0.39, 0.29) is 24.3 Å². The van der Waals surface area contributed by atoms with E-state index >= 15 is 0 Å². The van der Waals surface area contributed by atoms with Crippen LogP contribution in [0.5, 0.6) is 5.75 Å². The molecule has 0 bridgehead atoms.